The van der Waals surface area contributed by atoms with Gasteiger partial charge >= 0.3 is 5.97 Å². The Morgan fingerprint density at radius 2 is 1.96 bits per heavy atom. The molecule has 1 aliphatic rings. The van der Waals surface area contributed by atoms with Crippen molar-refractivity contribution in [2.24, 2.45) is 0 Å². The number of hydrogen-bond donors (Lipinski definition) is 1. The normalized spacial score (nSPS) is 19.8. The van der Waals surface area contributed by atoms with Crippen LogP contribution < -0.4 is 9.47 Å². The Balaban J connectivity index is 2.46. The van der Waals surface area contributed by atoms with Crippen molar-refractivity contribution in [2.45, 2.75) is 39.9 Å². The molecule has 0 fully saturated rings. The van der Waals surface area contributed by atoms with Crippen LogP contribution in [0.3, 0.4) is 0 Å². The van der Waals surface area contributed by atoms with Crippen LogP contribution in [0.4, 0.5) is 0 Å². The second kappa shape index (κ2) is 6.38. The monoisotopic (exact) mass is 316 g/mol. The molecular formula is C18H20O5. The van der Waals surface area contributed by atoms with Crippen molar-refractivity contribution >= 4 is 11.8 Å². The molecule has 0 spiro atoms. The lowest BCUT2D eigenvalue weighted by molar-refractivity contribution is -0.130. The van der Waals surface area contributed by atoms with E-state index in [0.29, 0.717) is 22.5 Å². The average Bonchev–Trinajstić information content (AvgIpc) is 2.82. The predicted octanol–water partition coefficient (Wildman–Crippen LogP) is 3.13. The largest absolute Gasteiger partial charge is 0.482 e. The van der Waals surface area contributed by atoms with E-state index in [0.717, 1.165) is 0 Å². The van der Waals surface area contributed by atoms with E-state index >= 15 is 0 Å². The van der Waals surface area contributed by atoms with Gasteiger partial charge in [0.25, 0.3) is 0 Å². The third-order valence-corrected chi connectivity index (χ3v) is 3.79. The number of aliphatic hydroxyl groups excluding tert-OH is 1. The summed E-state index contributed by atoms with van der Waals surface area (Å²) in [5.41, 5.74) is 1.82. The van der Waals surface area contributed by atoms with Gasteiger partial charge in [-0.2, -0.15) is 0 Å². The number of fused-ring (bicyclic) bond motifs is 1. The molecule has 1 aliphatic heterocycles. The highest BCUT2D eigenvalue weighted by Gasteiger charge is 2.35. The van der Waals surface area contributed by atoms with E-state index in [1.54, 1.807) is 26.8 Å². The van der Waals surface area contributed by atoms with Crippen LogP contribution in [0.15, 0.2) is 35.9 Å². The molecule has 23 heavy (non-hydrogen) atoms. The van der Waals surface area contributed by atoms with Gasteiger partial charge in [0.05, 0.1) is 5.56 Å². The summed E-state index contributed by atoms with van der Waals surface area (Å²) in [7, 11) is 0. The lowest BCUT2D eigenvalue weighted by Crippen LogP contribution is -2.19. The molecule has 0 bridgehead atoms. The third kappa shape index (κ3) is 3.19. The van der Waals surface area contributed by atoms with Gasteiger partial charge in [-0.05, 0) is 39.3 Å². The van der Waals surface area contributed by atoms with Crippen LogP contribution in [0, 0.1) is 0 Å². The van der Waals surface area contributed by atoms with Gasteiger partial charge < -0.3 is 14.6 Å². The van der Waals surface area contributed by atoms with Crippen molar-refractivity contribution in [1.29, 1.82) is 0 Å². The number of carbonyl (C=O) groups is 2. The molecule has 0 saturated carbocycles. The van der Waals surface area contributed by atoms with E-state index in [2.05, 4.69) is 6.58 Å². The van der Waals surface area contributed by atoms with Gasteiger partial charge in [0.2, 0.25) is 0 Å². The van der Waals surface area contributed by atoms with Crippen molar-refractivity contribution < 1.29 is 24.2 Å². The number of rotatable bonds is 4. The van der Waals surface area contributed by atoms with Crippen molar-refractivity contribution in [1.82, 2.24) is 0 Å². The summed E-state index contributed by atoms with van der Waals surface area (Å²) >= 11 is 0. The third-order valence-electron chi connectivity index (χ3n) is 3.79. The number of carbonyl (C=O) groups excluding carboxylic acids is 2. The molecule has 122 valence electrons. The van der Waals surface area contributed by atoms with Gasteiger partial charge in [0.15, 0.2) is 5.78 Å². The van der Waals surface area contributed by atoms with Crippen molar-refractivity contribution in [3.8, 4) is 11.5 Å². The predicted molar refractivity (Wildman–Crippen MR) is 85.7 cm³/mol. The quantitative estimate of drug-likeness (QED) is 0.304. The fourth-order valence-electron chi connectivity index (χ4n) is 2.30. The van der Waals surface area contributed by atoms with Crippen LogP contribution in [0.25, 0.3) is 0 Å². The fraction of sp³-hybridized carbons (Fsp3) is 0.333. The zero-order chi connectivity index (χ0) is 17.3. The maximum Gasteiger partial charge on any atom is 0.338 e. The molecule has 0 aromatic heterocycles. The lowest BCUT2D eigenvalue weighted by Gasteiger charge is -2.13. The van der Waals surface area contributed by atoms with E-state index in [9.17, 15) is 14.7 Å². The summed E-state index contributed by atoms with van der Waals surface area (Å²) in [4.78, 5) is 23.8. The van der Waals surface area contributed by atoms with Gasteiger partial charge in [-0.25, -0.2) is 4.79 Å². The fourth-order valence-corrected chi connectivity index (χ4v) is 2.30. The molecule has 0 aliphatic carbocycles. The molecule has 1 aromatic carbocycles. The minimum absolute atomic E-state index is 0.122. The van der Waals surface area contributed by atoms with Crippen LogP contribution in [-0.4, -0.2) is 23.0 Å². The Bertz CT molecular complexity index is 714. The molecule has 5 nitrogen and oxygen atoms in total. The van der Waals surface area contributed by atoms with Gasteiger partial charge in [0.1, 0.15) is 23.7 Å². The molecule has 1 aromatic rings. The van der Waals surface area contributed by atoms with Crippen LogP contribution in [-0.2, 0) is 4.79 Å². The number of benzene rings is 1. The summed E-state index contributed by atoms with van der Waals surface area (Å²) in [6.07, 6.45) is 0.149. The SMILES string of the molecule is C=C(C)C1Oc2cc(OC(=O)C(C)=CC)c(C(C)=O)cc2C1O. The molecule has 2 atom stereocenters. The number of hydrogen-bond acceptors (Lipinski definition) is 5. The Morgan fingerprint density at radius 3 is 2.48 bits per heavy atom. The number of esters is 1. The highest BCUT2D eigenvalue weighted by atomic mass is 16.5. The Morgan fingerprint density at radius 1 is 1.30 bits per heavy atom. The van der Waals surface area contributed by atoms with Gasteiger partial charge in [-0.1, -0.05) is 12.7 Å². The molecule has 5 heteroatoms. The second-order valence-corrected chi connectivity index (χ2v) is 5.63. The highest BCUT2D eigenvalue weighted by molar-refractivity contribution is 5.99. The first kappa shape index (κ1) is 17.0. The first-order valence-corrected chi connectivity index (χ1v) is 7.30. The topological polar surface area (TPSA) is 72.8 Å². The molecular weight excluding hydrogens is 296 g/mol. The molecule has 2 rings (SSSR count). The maximum absolute atomic E-state index is 11.9. The summed E-state index contributed by atoms with van der Waals surface area (Å²) in [6.45, 7) is 10.3. The van der Waals surface area contributed by atoms with E-state index < -0.39 is 18.2 Å². The van der Waals surface area contributed by atoms with Gasteiger partial charge in [-0.3, -0.25) is 4.79 Å². The first-order valence-electron chi connectivity index (χ1n) is 7.30. The number of ketones is 1. The number of aliphatic hydroxyl groups is 1. The lowest BCUT2D eigenvalue weighted by atomic mass is 9.99. The smallest absolute Gasteiger partial charge is 0.338 e. The van der Waals surface area contributed by atoms with Crippen molar-refractivity contribution in [3.05, 3.63) is 47.1 Å². The zero-order valence-corrected chi connectivity index (χ0v) is 13.7. The highest BCUT2D eigenvalue weighted by Crippen LogP contribution is 2.42. The molecule has 1 N–H and O–H groups in total. The summed E-state index contributed by atoms with van der Waals surface area (Å²) < 4.78 is 11.0. The molecule has 0 saturated heterocycles. The number of Topliss-reactive ketones (excluding diaryl/α,β-unsaturated/α-hetero) is 1. The standard InChI is InChI=1S/C18H20O5/c1-6-10(4)18(21)23-14-8-15-13(7-12(14)11(5)19)16(20)17(22-15)9(2)3/h6-8,16-17,20H,2H2,1,3-5H3. The molecule has 0 radical (unpaired) electrons. The van der Waals surface area contributed by atoms with Gasteiger partial charge in [-0.15, -0.1) is 0 Å². The average molecular weight is 316 g/mol. The minimum atomic E-state index is -0.900. The van der Waals surface area contributed by atoms with Crippen molar-refractivity contribution in [3.63, 3.8) is 0 Å². The van der Waals surface area contributed by atoms with E-state index in [1.165, 1.54) is 19.1 Å². The zero-order valence-electron chi connectivity index (χ0n) is 13.7. The van der Waals surface area contributed by atoms with E-state index in [-0.39, 0.29) is 17.1 Å². The van der Waals surface area contributed by atoms with Crippen LogP contribution in [0.1, 0.15) is 49.7 Å². The second-order valence-electron chi connectivity index (χ2n) is 5.63. The maximum atomic E-state index is 11.9. The van der Waals surface area contributed by atoms with E-state index in [1.807, 2.05) is 0 Å². The van der Waals surface area contributed by atoms with Gasteiger partial charge in [0, 0.05) is 17.2 Å². The molecule has 1 heterocycles. The first-order chi connectivity index (χ1) is 10.8. The molecule has 2 unspecified atom stereocenters. The number of allylic oxidation sites excluding steroid dienone is 1. The Kier molecular flexibility index (Phi) is 4.71. The van der Waals surface area contributed by atoms with Crippen LogP contribution in [0.2, 0.25) is 0 Å². The van der Waals surface area contributed by atoms with Crippen LogP contribution >= 0.6 is 0 Å². The van der Waals surface area contributed by atoms with Crippen molar-refractivity contribution in [2.75, 3.05) is 0 Å². The summed E-state index contributed by atoms with van der Waals surface area (Å²) in [6, 6.07) is 2.98. The minimum Gasteiger partial charge on any atom is -0.482 e. The molecule has 0 amide bonds. The summed E-state index contributed by atoms with van der Waals surface area (Å²) in [5, 5.41) is 10.3. The Hall–Kier alpha value is -2.40. The van der Waals surface area contributed by atoms with E-state index in [4.69, 9.17) is 9.47 Å². The number of ether oxygens (including phenoxy) is 2. The Labute approximate surface area is 135 Å². The summed E-state index contributed by atoms with van der Waals surface area (Å²) in [5.74, 6) is -0.293. The van der Waals surface area contributed by atoms with Crippen LogP contribution in [0.5, 0.6) is 11.5 Å².